The number of rotatable bonds is 8. The quantitative estimate of drug-likeness (QED) is 0.109. The van der Waals surface area contributed by atoms with Crippen molar-refractivity contribution in [3.63, 3.8) is 0 Å². The third-order valence-corrected chi connectivity index (χ3v) is 7.20. The number of amides is 2. The highest BCUT2D eigenvalue weighted by Crippen LogP contribution is 2.25. The first-order valence-electron chi connectivity index (χ1n) is 13.6. The second kappa shape index (κ2) is 13.2. The molecule has 0 unspecified atom stereocenters. The van der Waals surface area contributed by atoms with E-state index in [0.717, 1.165) is 5.69 Å². The maximum Gasteiger partial charge on any atom is 0.261 e. The summed E-state index contributed by atoms with van der Waals surface area (Å²) < 4.78 is 5.87. The molecule has 7 nitrogen and oxygen atoms in total. The van der Waals surface area contributed by atoms with Gasteiger partial charge in [0.05, 0.1) is 0 Å². The second-order valence-corrected chi connectivity index (χ2v) is 10.3. The fourth-order valence-electron chi connectivity index (χ4n) is 4.63. The Morgan fingerprint density at radius 2 is 1.36 bits per heavy atom. The summed E-state index contributed by atoms with van der Waals surface area (Å²) in [6.07, 6.45) is 1.61. The molecule has 8 heteroatoms. The lowest BCUT2D eigenvalue weighted by Crippen LogP contribution is -2.50. The Morgan fingerprint density at radius 1 is 0.762 bits per heavy atom. The smallest absolute Gasteiger partial charge is 0.261 e. The Hall–Kier alpha value is -4.88. The van der Waals surface area contributed by atoms with Gasteiger partial charge in [0.1, 0.15) is 17.1 Å². The van der Waals surface area contributed by atoms with Crippen LogP contribution in [0.3, 0.4) is 0 Å². The molecule has 0 saturated carbocycles. The van der Waals surface area contributed by atoms with E-state index >= 15 is 0 Å². The minimum Gasteiger partial charge on any atom is -0.457 e. The number of anilines is 2. The Balaban J connectivity index is 1.32. The molecule has 1 saturated heterocycles. The van der Waals surface area contributed by atoms with Gasteiger partial charge in [-0.15, -0.1) is 0 Å². The Morgan fingerprint density at radius 3 is 1.95 bits per heavy atom. The molecule has 0 spiro atoms. The van der Waals surface area contributed by atoms with Crippen LogP contribution in [-0.2, 0) is 9.59 Å². The van der Waals surface area contributed by atoms with Crippen molar-refractivity contribution < 1.29 is 19.1 Å². The third kappa shape index (κ3) is 7.25. The maximum absolute atomic E-state index is 13.7. The van der Waals surface area contributed by atoms with E-state index in [1.165, 1.54) is 0 Å². The zero-order chi connectivity index (χ0) is 29.5. The number of carbonyl (C=O) groups is 3. The molecule has 1 fully saturated rings. The third-order valence-electron chi connectivity index (χ3n) is 6.95. The molecule has 2 amide bonds. The van der Waals surface area contributed by atoms with Gasteiger partial charge in [-0.1, -0.05) is 41.9 Å². The zero-order valence-electron chi connectivity index (χ0n) is 23.1. The van der Waals surface area contributed by atoms with Crippen molar-refractivity contribution in [3.8, 4) is 11.5 Å². The molecular weight excluding hydrogens is 550 g/mol. The van der Waals surface area contributed by atoms with Gasteiger partial charge in [0.15, 0.2) is 5.78 Å². The van der Waals surface area contributed by atoms with Crippen LogP contribution in [0.2, 0.25) is 5.02 Å². The van der Waals surface area contributed by atoms with Crippen molar-refractivity contribution in [3.05, 3.63) is 125 Å². The van der Waals surface area contributed by atoms with Crippen molar-refractivity contribution in [2.75, 3.05) is 36.4 Å². The molecular formula is C34H30ClN3O4. The van der Waals surface area contributed by atoms with Crippen LogP contribution in [0, 0.1) is 0 Å². The van der Waals surface area contributed by atoms with Gasteiger partial charge in [-0.3, -0.25) is 14.4 Å². The summed E-state index contributed by atoms with van der Waals surface area (Å²) in [5.41, 5.74) is 2.99. The van der Waals surface area contributed by atoms with Crippen LogP contribution in [-0.4, -0.2) is 48.7 Å². The fraction of sp³-hybridized carbons (Fsp3) is 0.147. The van der Waals surface area contributed by atoms with Crippen LogP contribution in [0.1, 0.15) is 22.8 Å². The molecule has 5 rings (SSSR count). The minimum atomic E-state index is -0.477. The van der Waals surface area contributed by atoms with E-state index in [1.807, 2.05) is 42.5 Å². The summed E-state index contributed by atoms with van der Waals surface area (Å²) in [6, 6.07) is 30.8. The maximum atomic E-state index is 13.7. The first kappa shape index (κ1) is 28.6. The normalized spacial score (nSPS) is 13.4. The monoisotopic (exact) mass is 579 g/mol. The zero-order valence-corrected chi connectivity index (χ0v) is 23.9. The molecule has 212 valence electrons. The number of hydrogen-bond donors (Lipinski definition) is 1. The number of carbonyl (C=O) groups excluding carboxylic acids is 3. The first-order chi connectivity index (χ1) is 20.4. The molecule has 1 N–H and O–H groups in total. The lowest BCUT2D eigenvalue weighted by atomic mass is 10.1. The van der Waals surface area contributed by atoms with Gasteiger partial charge in [-0.05, 0) is 91.4 Å². The number of hydrogen-bond acceptors (Lipinski definition) is 5. The van der Waals surface area contributed by atoms with E-state index in [4.69, 9.17) is 16.3 Å². The number of halogens is 1. The van der Waals surface area contributed by atoms with Crippen LogP contribution in [0.25, 0.3) is 6.08 Å². The van der Waals surface area contributed by atoms with Crippen molar-refractivity contribution in [1.29, 1.82) is 0 Å². The van der Waals surface area contributed by atoms with Gasteiger partial charge in [0.2, 0.25) is 0 Å². The largest absolute Gasteiger partial charge is 0.457 e. The molecule has 1 heterocycles. The lowest BCUT2D eigenvalue weighted by molar-refractivity contribution is -0.129. The molecule has 0 aliphatic carbocycles. The standard InChI is InChI=1S/C34H30ClN3O4/c1-24(39)26-9-13-29(14-10-26)37-19-21-38(22-20-37)34(41)32(33(40)36-28-5-3-2-4-6-28)23-25-7-15-30(16-8-25)42-31-17-11-27(35)12-18-31/h2-18,23H,19-22H2,1H3,(H,36,40)/b32-23+. The number of ketones is 1. The Bertz CT molecular complexity index is 1580. The summed E-state index contributed by atoms with van der Waals surface area (Å²) in [4.78, 5) is 42.6. The summed E-state index contributed by atoms with van der Waals surface area (Å²) in [5, 5.41) is 3.48. The van der Waals surface area contributed by atoms with Crippen molar-refractivity contribution in [2.45, 2.75) is 6.92 Å². The van der Waals surface area contributed by atoms with Crippen molar-refractivity contribution in [2.24, 2.45) is 0 Å². The predicted octanol–water partition coefficient (Wildman–Crippen LogP) is 6.71. The molecule has 0 bridgehead atoms. The number of benzene rings is 4. The summed E-state index contributed by atoms with van der Waals surface area (Å²) in [7, 11) is 0. The van der Waals surface area contributed by atoms with E-state index < -0.39 is 5.91 Å². The summed E-state index contributed by atoms with van der Waals surface area (Å²) in [6.45, 7) is 3.67. The molecule has 4 aromatic rings. The Kier molecular flexibility index (Phi) is 8.99. The molecule has 1 aliphatic rings. The van der Waals surface area contributed by atoms with Crippen LogP contribution in [0.5, 0.6) is 11.5 Å². The average molecular weight is 580 g/mol. The second-order valence-electron chi connectivity index (χ2n) is 9.89. The number of Topliss-reactive ketones (excluding diaryl/α,β-unsaturated/α-hetero) is 1. The topological polar surface area (TPSA) is 79.0 Å². The van der Waals surface area contributed by atoms with Crippen LogP contribution in [0.4, 0.5) is 11.4 Å². The number of nitrogens with one attached hydrogen (secondary N) is 1. The molecule has 4 aromatic carbocycles. The van der Waals surface area contributed by atoms with Crippen molar-refractivity contribution in [1.82, 2.24) is 4.90 Å². The average Bonchev–Trinajstić information content (AvgIpc) is 3.02. The van der Waals surface area contributed by atoms with Crippen molar-refractivity contribution >= 4 is 46.6 Å². The van der Waals surface area contributed by atoms with Crippen LogP contribution in [0.15, 0.2) is 109 Å². The van der Waals surface area contributed by atoms with Gasteiger partial charge < -0.3 is 19.9 Å². The highest BCUT2D eigenvalue weighted by atomic mass is 35.5. The van der Waals surface area contributed by atoms with E-state index in [9.17, 15) is 14.4 Å². The predicted molar refractivity (Wildman–Crippen MR) is 166 cm³/mol. The Labute approximate surface area is 250 Å². The van der Waals surface area contributed by atoms with Crippen LogP contribution >= 0.6 is 11.6 Å². The summed E-state index contributed by atoms with van der Waals surface area (Å²) >= 11 is 5.95. The molecule has 1 aliphatic heterocycles. The summed E-state index contributed by atoms with van der Waals surface area (Å²) in [5.74, 6) is 0.471. The SMILES string of the molecule is CC(=O)c1ccc(N2CCN(C(=O)/C(=C/c3ccc(Oc4ccc(Cl)cc4)cc3)C(=O)Nc3ccccc3)CC2)cc1. The van der Waals surface area contributed by atoms with E-state index in [0.29, 0.717) is 59.5 Å². The minimum absolute atomic E-state index is 0.0220. The number of para-hydroxylation sites is 1. The van der Waals surface area contributed by atoms with Gasteiger partial charge in [-0.2, -0.15) is 0 Å². The van der Waals surface area contributed by atoms with E-state index in [-0.39, 0.29) is 17.3 Å². The highest BCUT2D eigenvalue weighted by molar-refractivity contribution is 6.30. The number of nitrogens with zero attached hydrogens (tertiary/aromatic N) is 2. The molecule has 0 aromatic heterocycles. The number of piperazine rings is 1. The lowest BCUT2D eigenvalue weighted by Gasteiger charge is -2.36. The highest BCUT2D eigenvalue weighted by Gasteiger charge is 2.27. The molecule has 42 heavy (non-hydrogen) atoms. The van der Waals surface area contributed by atoms with Gasteiger partial charge >= 0.3 is 0 Å². The molecule has 0 radical (unpaired) electrons. The number of ether oxygens (including phenoxy) is 1. The van der Waals surface area contributed by atoms with Gasteiger partial charge in [-0.25, -0.2) is 0 Å². The van der Waals surface area contributed by atoms with Crippen LogP contribution < -0.4 is 15.0 Å². The fourth-order valence-corrected chi connectivity index (χ4v) is 4.75. The molecule has 0 atom stereocenters. The van der Waals surface area contributed by atoms with E-state index in [1.54, 1.807) is 78.6 Å². The van der Waals surface area contributed by atoms with Gasteiger partial charge in [0.25, 0.3) is 11.8 Å². The van der Waals surface area contributed by atoms with Gasteiger partial charge in [0, 0.05) is 48.1 Å². The van der Waals surface area contributed by atoms with E-state index in [2.05, 4.69) is 10.2 Å². The first-order valence-corrected chi connectivity index (χ1v) is 14.0.